The van der Waals surface area contributed by atoms with Gasteiger partial charge in [0.25, 0.3) is 0 Å². The van der Waals surface area contributed by atoms with Crippen molar-refractivity contribution in [3.63, 3.8) is 0 Å². The molecule has 0 aliphatic carbocycles. The minimum atomic E-state index is -3.27. The summed E-state index contributed by atoms with van der Waals surface area (Å²) in [7, 11) is -3.27. The van der Waals surface area contributed by atoms with E-state index in [-0.39, 0.29) is 10.7 Å². The van der Waals surface area contributed by atoms with E-state index in [4.69, 9.17) is 0 Å². The van der Waals surface area contributed by atoms with E-state index in [0.717, 1.165) is 11.1 Å². The summed E-state index contributed by atoms with van der Waals surface area (Å²) in [5.41, 5.74) is 0.458. The Balaban J connectivity index is 2.11. The van der Waals surface area contributed by atoms with Crippen molar-refractivity contribution in [2.75, 3.05) is 6.26 Å². The van der Waals surface area contributed by atoms with Crippen LogP contribution in [0.25, 0.3) is 0 Å². The van der Waals surface area contributed by atoms with Crippen LogP contribution >= 0.6 is 11.3 Å². The number of hydrogen-bond donors (Lipinski definition) is 0. The Kier molecular flexibility index (Phi) is 4.17. The fraction of sp³-hybridized carbons (Fsp3) is 0.214. The van der Waals surface area contributed by atoms with E-state index in [1.165, 1.54) is 12.1 Å². The lowest BCUT2D eigenvalue weighted by atomic mass is 10.1. The quantitative estimate of drug-likeness (QED) is 0.797. The lowest BCUT2D eigenvalue weighted by molar-refractivity contribution is 0.0983. The van der Waals surface area contributed by atoms with Gasteiger partial charge in [-0.25, -0.2) is 8.42 Å². The number of sulfone groups is 1. The maximum atomic E-state index is 12.0. The second-order valence-corrected chi connectivity index (χ2v) is 7.35. The Hall–Kier alpha value is -1.46. The van der Waals surface area contributed by atoms with E-state index >= 15 is 0 Å². The summed E-state index contributed by atoms with van der Waals surface area (Å²) in [6.07, 6.45) is 2.23. The first kappa shape index (κ1) is 14.0. The number of hydrogen-bond acceptors (Lipinski definition) is 4. The van der Waals surface area contributed by atoms with Crippen molar-refractivity contribution in [1.82, 2.24) is 0 Å². The topological polar surface area (TPSA) is 51.2 Å². The Labute approximate surface area is 116 Å². The highest BCUT2D eigenvalue weighted by molar-refractivity contribution is 7.90. The van der Waals surface area contributed by atoms with Crippen molar-refractivity contribution < 1.29 is 13.2 Å². The largest absolute Gasteiger partial charge is 0.294 e. The first-order valence-electron chi connectivity index (χ1n) is 5.82. The molecule has 1 heterocycles. The third kappa shape index (κ3) is 3.75. The molecule has 2 aromatic rings. The molecule has 0 N–H and O–H groups in total. The fourth-order valence-electron chi connectivity index (χ4n) is 1.74. The molecular formula is C14H14O3S2. The second kappa shape index (κ2) is 5.67. The average molecular weight is 294 g/mol. The summed E-state index contributed by atoms with van der Waals surface area (Å²) in [6, 6.07) is 10.2. The zero-order chi connectivity index (χ0) is 13.9. The lowest BCUT2D eigenvalue weighted by Crippen LogP contribution is -2.03. The van der Waals surface area contributed by atoms with Crippen molar-refractivity contribution in [2.45, 2.75) is 17.7 Å². The molecular weight excluding hydrogens is 280 g/mol. The van der Waals surface area contributed by atoms with Crippen LogP contribution < -0.4 is 0 Å². The molecule has 0 unspecified atom stereocenters. The maximum absolute atomic E-state index is 12.0. The number of thiophene rings is 1. The molecule has 5 heteroatoms. The molecule has 0 amide bonds. The molecule has 3 nitrogen and oxygen atoms in total. The monoisotopic (exact) mass is 294 g/mol. The van der Waals surface area contributed by atoms with Gasteiger partial charge in [0.1, 0.15) is 0 Å². The summed E-state index contributed by atoms with van der Waals surface area (Å²) >= 11 is 1.62. The van der Waals surface area contributed by atoms with Crippen LogP contribution in [-0.2, 0) is 16.3 Å². The van der Waals surface area contributed by atoms with Crippen LogP contribution in [0.5, 0.6) is 0 Å². The van der Waals surface area contributed by atoms with E-state index in [1.54, 1.807) is 23.5 Å². The van der Waals surface area contributed by atoms with E-state index in [0.29, 0.717) is 18.4 Å². The Morgan fingerprint density at radius 3 is 2.63 bits per heavy atom. The van der Waals surface area contributed by atoms with Crippen molar-refractivity contribution in [3.8, 4) is 0 Å². The minimum Gasteiger partial charge on any atom is -0.294 e. The van der Waals surface area contributed by atoms with Gasteiger partial charge in [0.05, 0.1) is 4.90 Å². The van der Waals surface area contributed by atoms with Crippen LogP contribution in [0.1, 0.15) is 21.7 Å². The lowest BCUT2D eigenvalue weighted by Gasteiger charge is -2.03. The van der Waals surface area contributed by atoms with Crippen molar-refractivity contribution in [3.05, 3.63) is 52.2 Å². The van der Waals surface area contributed by atoms with Gasteiger partial charge < -0.3 is 0 Å². The predicted octanol–water partition coefficient (Wildman–Crippen LogP) is 2.97. The van der Waals surface area contributed by atoms with Crippen LogP contribution in [0.15, 0.2) is 46.7 Å². The van der Waals surface area contributed by atoms with Gasteiger partial charge in [-0.05, 0) is 30.0 Å². The van der Waals surface area contributed by atoms with Crippen molar-refractivity contribution >= 4 is 27.0 Å². The number of aryl methyl sites for hydroxylation is 1. The highest BCUT2D eigenvalue weighted by atomic mass is 32.2. The SMILES string of the molecule is CS(=O)(=O)c1cccc(C(=O)CCc2cccs2)c1. The molecule has 0 spiro atoms. The average Bonchev–Trinajstić information content (AvgIpc) is 2.88. The van der Waals surface area contributed by atoms with Gasteiger partial charge in [-0.15, -0.1) is 11.3 Å². The van der Waals surface area contributed by atoms with Gasteiger partial charge in [0, 0.05) is 23.1 Å². The van der Waals surface area contributed by atoms with E-state index in [1.807, 2.05) is 17.5 Å². The van der Waals surface area contributed by atoms with Gasteiger partial charge in [-0.3, -0.25) is 4.79 Å². The summed E-state index contributed by atoms with van der Waals surface area (Å²) < 4.78 is 22.9. The van der Waals surface area contributed by atoms with Crippen LogP contribution in [0.3, 0.4) is 0 Å². The number of carbonyl (C=O) groups is 1. The van der Waals surface area contributed by atoms with E-state index < -0.39 is 9.84 Å². The third-order valence-electron chi connectivity index (χ3n) is 2.76. The van der Waals surface area contributed by atoms with Crippen LogP contribution in [0.2, 0.25) is 0 Å². The summed E-state index contributed by atoms with van der Waals surface area (Å²) in [4.78, 5) is 13.4. The molecule has 0 radical (unpaired) electrons. The number of benzene rings is 1. The molecule has 2 rings (SSSR count). The number of carbonyl (C=O) groups excluding carboxylic acids is 1. The third-order valence-corrected chi connectivity index (χ3v) is 4.81. The Morgan fingerprint density at radius 1 is 1.21 bits per heavy atom. The predicted molar refractivity (Wildman–Crippen MR) is 76.5 cm³/mol. The Bertz CT molecular complexity index is 670. The first-order chi connectivity index (χ1) is 8.97. The smallest absolute Gasteiger partial charge is 0.175 e. The fourth-order valence-corrected chi connectivity index (χ4v) is 3.11. The first-order valence-corrected chi connectivity index (χ1v) is 8.59. The van der Waals surface area contributed by atoms with Gasteiger partial charge in [0.2, 0.25) is 0 Å². The van der Waals surface area contributed by atoms with Gasteiger partial charge in [0.15, 0.2) is 15.6 Å². The normalized spacial score (nSPS) is 11.4. The van der Waals surface area contributed by atoms with Crippen LogP contribution in [0, 0.1) is 0 Å². The maximum Gasteiger partial charge on any atom is 0.175 e. The van der Waals surface area contributed by atoms with Crippen molar-refractivity contribution in [2.24, 2.45) is 0 Å². The molecule has 0 fully saturated rings. The Morgan fingerprint density at radius 2 is 2.00 bits per heavy atom. The molecule has 0 bridgehead atoms. The summed E-state index contributed by atoms with van der Waals surface area (Å²) in [6.45, 7) is 0. The molecule has 0 aliphatic heterocycles. The van der Waals surface area contributed by atoms with E-state index in [2.05, 4.69) is 0 Å². The molecule has 0 saturated carbocycles. The summed E-state index contributed by atoms with van der Waals surface area (Å²) in [5.74, 6) is -0.0288. The number of ketones is 1. The van der Waals surface area contributed by atoms with Crippen LogP contribution in [-0.4, -0.2) is 20.5 Å². The zero-order valence-electron chi connectivity index (χ0n) is 10.5. The van der Waals surface area contributed by atoms with Gasteiger partial charge in [-0.1, -0.05) is 18.2 Å². The van der Waals surface area contributed by atoms with Crippen LogP contribution in [0.4, 0.5) is 0 Å². The summed E-state index contributed by atoms with van der Waals surface area (Å²) in [5, 5.41) is 1.98. The standard InChI is InChI=1S/C14H14O3S2/c1-19(16,17)13-6-2-4-11(10-13)14(15)8-7-12-5-3-9-18-12/h2-6,9-10H,7-8H2,1H3. The van der Waals surface area contributed by atoms with Gasteiger partial charge in [-0.2, -0.15) is 0 Å². The molecule has 0 aliphatic rings. The number of Topliss-reactive ketones (excluding diaryl/α,β-unsaturated/α-hetero) is 1. The van der Waals surface area contributed by atoms with E-state index in [9.17, 15) is 13.2 Å². The molecule has 1 aromatic heterocycles. The molecule has 1 aromatic carbocycles. The highest BCUT2D eigenvalue weighted by Gasteiger charge is 2.11. The van der Waals surface area contributed by atoms with Gasteiger partial charge >= 0.3 is 0 Å². The zero-order valence-corrected chi connectivity index (χ0v) is 12.1. The molecule has 0 atom stereocenters. The minimum absolute atomic E-state index is 0.0288. The van der Waals surface area contributed by atoms with Crippen molar-refractivity contribution in [1.29, 1.82) is 0 Å². The highest BCUT2D eigenvalue weighted by Crippen LogP contribution is 2.16. The molecule has 100 valence electrons. The second-order valence-electron chi connectivity index (χ2n) is 4.30. The molecule has 0 saturated heterocycles. The molecule has 19 heavy (non-hydrogen) atoms. The number of rotatable bonds is 5.